The van der Waals surface area contributed by atoms with Crippen LogP contribution in [0.15, 0.2) is 12.1 Å². The second-order valence-corrected chi connectivity index (χ2v) is 4.14. The van der Waals surface area contributed by atoms with Gasteiger partial charge in [0.1, 0.15) is 5.52 Å². The van der Waals surface area contributed by atoms with Gasteiger partial charge in [0.2, 0.25) is 5.95 Å². The van der Waals surface area contributed by atoms with Crippen molar-refractivity contribution in [2.24, 2.45) is 0 Å². The molecule has 17 heavy (non-hydrogen) atoms. The number of imidazole rings is 1. The smallest absolute Gasteiger partial charge is 0.202 e. The largest absolute Gasteiger partial charge is 0.377 e. The van der Waals surface area contributed by atoms with Crippen molar-refractivity contribution in [3.05, 3.63) is 17.8 Å². The van der Waals surface area contributed by atoms with Crippen LogP contribution < -0.4 is 5.73 Å². The van der Waals surface area contributed by atoms with Gasteiger partial charge in [-0.15, -0.1) is 0 Å². The lowest BCUT2D eigenvalue weighted by atomic mass is 10.3. The number of fused-ring (bicyclic) bond motifs is 1. The fourth-order valence-corrected chi connectivity index (χ4v) is 1.89. The van der Waals surface area contributed by atoms with Crippen molar-refractivity contribution in [3.8, 4) is 0 Å². The van der Waals surface area contributed by atoms with Crippen LogP contribution >= 0.6 is 0 Å². The third-order valence-corrected chi connectivity index (χ3v) is 2.65. The predicted molar refractivity (Wildman–Crippen MR) is 67.8 cm³/mol. The van der Waals surface area contributed by atoms with Gasteiger partial charge in [0.05, 0.1) is 12.6 Å². The first-order valence-electron chi connectivity index (χ1n) is 5.82. The van der Waals surface area contributed by atoms with Gasteiger partial charge in [-0.25, -0.2) is 9.97 Å². The molecular formula is C12H18N4O. The van der Waals surface area contributed by atoms with E-state index in [9.17, 15) is 0 Å². The Balaban J connectivity index is 2.38. The zero-order valence-corrected chi connectivity index (χ0v) is 10.5. The molecule has 0 bridgehead atoms. The Bertz CT molecular complexity index is 520. The zero-order valence-electron chi connectivity index (χ0n) is 10.5. The predicted octanol–water partition coefficient (Wildman–Crippen LogP) is 1.75. The fraction of sp³-hybridized carbons (Fsp3) is 0.500. The standard InChI is InChI=1S/C12H18N4O/c1-4-17-9(3)7-16-11-10(15-12(16)13)6-5-8(2)14-11/h5-6,9H,4,7H2,1-3H3,(H2,13,15). The van der Waals surface area contributed by atoms with E-state index in [2.05, 4.69) is 9.97 Å². The minimum absolute atomic E-state index is 0.0991. The normalized spacial score (nSPS) is 13.1. The van der Waals surface area contributed by atoms with Crippen molar-refractivity contribution in [3.63, 3.8) is 0 Å². The van der Waals surface area contributed by atoms with Crippen LogP contribution in [0.25, 0.3) is 11.2 Å². The van der Waals surface area contributed by atoms with Crippen LogP contribution in [0.1, 0.15) is 19.5 Å². The topological polar surface area (TPSA) is 66.0 Å². The Morgan fingerprint density at radius 2 is 2.18 bits per heavy atom. The van der Waals surface area contributed by atoms with Crippen molar-refractivity contribution in [2.45, 2.75) is 33.4 Å². The summed E-state index contributed by atoms with van der Waals surface area (Å²) in [5.41, 5.74) is 8.52. The Kier molecular flexibility index (Phi) is 3.28. The number of aryl methyl sites for hydroxylation is 1. The third-order valence-electron chi connectivity index (χ3n) is 2.65. The lowest BCUT2D eigenvalue weighted by Gasteiger charge is -2.13. The number of nitrogens with two attached hydrogens (primary N) is 1. The highest BCUT2D eigenvalue weighted by molar-refractivity contribution is 5.74. The molecule has 0 aromatic carbocycles. The van der Waals surface area contributed by atoms with Crippen LogP contribution in [0.4, 0.5) is 5.95 Å². The van der Waals surface area contributed by atoms with Gasteiger partial charge in [0.25, 0.3) is 0 Å². The Morgan fingerprint density at radius 1 is 1.41 bits per heavy atom. The molecule has 2 rings (SSSR count). The Labute approximate surface area is 101 Å². The summed E-state index contributed by atoms with van der Waals surface area (Å²) in [6.07, 6.45) is 0.0991. The minimum atomic E-state index is 0.0991. The number of ether oxygens (including phenoxy) is 1. The number of hydrogen-bond donors (Lipinski definition) is 1. The van der Waals surface area contributed by atoms with Gasteiger partial charge in [-0.3, -0.25) is 4.57 Å². The number of hydrogen-bond acceptors (Lipinski definition) is 4. The van der Waals surface area contributed by atoms with Gasteiger partial charge >= 0.3 is 0 Å². The van der Waals surface area contributed by atoms with E-state index < -0.39 is 0 Å². The molecule has 0 amide bonds. The van der Waals surface area contributed by atoms with Crippen LogP contribution in [0, 0.1) is 6.92 Å². The molecular weight excluding hydrogens is 216 g/mol. The molecule has 2 aromatic rings. The molecule has 2 heterocycles. The molecule has 0 radical (unpaired) electrons. The second-order valence-electron chi connectivity index (χ2n) is 4.14. The molecule has 0 saturated heterocycles. The molecule has 1 atom stereocenters. The third kappa shape index (κ3) is 2.39. The number of aromatic nitrogens is 3. The van der Waals surface area contributed by atoms with Crippen molar-refractivity contribution in [1.82, 2.24) is 14.5 Å². The summed E-state index contributed by atoms with van der Waals surface area (Å²) in [6.45, 7) is 7.32. The maximum atomic E-state index is 5.90. The lowest BCUT2D eigenvalue weighted by Crippen LogP contribution is -2.18. The monoisotopic (exact) mass is 234 g/mol. The van der Waals surface area contributed by atoms with E-state index >= 15 is 0 Å². The van der Waals surface area contributed by atoms with Gasteiger partial charge in [0, 0.05) is 12.3 Å². The molecule has 0 aliphatic rings. The van der Waals surface area contributed by atoms with Gasteiger partial charge in [0.15, 0.2) is 5.65 Å². The van der Waals surface area contributed by atoms with Gasteiger partial charge < -0.3 is 10.5 Å². The van der Waals surface area contributed by atoms with Crippen molar-refractivity contribution in [1.29, 1.82) is 0 Å². The van der Waals surface area contributed by atoms with E-state index in [-0.39, 0.29) is 6.10 Å². The summed E-state index contributed by atoms with van der Waals surface area (Å²) in [5.74, 6) is 0.490. The zero-order chi connectivity index (χ0) is 12.4. The molecule has 0 aliphatic heterocycles. The number of anilines is 1. The summed E-state index contributed by atoms with van der Waals surface area (Å²) >= 11 is 0. The first kappa shape index (κ1) is 11.9. The molecule has 2 N–H and O–H groups in total. The molecule has 0 saturated carbocycles. The SMILES string of the molecule is CCOC(C)Cn1c(N)nc2ccc(C)nc21. The van der Waals surface area contributed by atoms with Gasteiger partial charge in [-0.05, 0) is 32.9 Å². The molecule has 5 nitrogen and oxygen atoms in total. The number of rotatable bonds is 4. The maximum absolute atomic E-state index is 5.90. The average Bonchev–Trinajstić information content (AvgIpc) is 2.56. The molecule has 0 spiro atoms. The van der Waals surface area contributed by atoms with Crippen LogP contribution in [0.3, 0.4) is 0 Å². The Hall–Kier alpha value is -1.62. The van der Waals surface area contributed by atoms with E-state index in [0.29, 0.717) is 19.1 Å². The molecule has 2 aromatic heterocycles. The highest BCUT2D eigenvalue weighted by Gasteiger charge is 2.12. The van der Waals surface area contributed by atoms with Crippen molar-refractivity contribution >= 4 is 17.1 Å². The first-order chi connectivity index (χ1) is 8.11. The summed E-state index contributed by atoms with van der Waals surface area (Å²) in [5, 5.41) is 0. The van der Waals surface area contributed by atoms with Crippen LogP contribution in [-0.4, -0.2) is 27.2 Å². The van der Waals surface area contributed by atoms with Crippen LogP contribution in [0.2, 0.25) is 0 Å². The van der Waals surface area contributed by atoms with Gasteiger partial charge in [-0.1, -0.05) is 0 Å². The number of nitrogen functional groups attached to an aromatic ring is 1. The number of nitrogens with zero attached hydrogens (tertiary/aromatic N) is 3. The van der Waals surface area contributed by atoms with E-state index in [1.54, 1.807) is 0 Å². The summed E-state index contributed by atoms with van der Waals surface area (Å²) in [7, 11) is 0. The Morgan fingerprint density at radius 3 is 2.88 bits per heavy atom. The molecule has 0 fully saturated rings. The van der Waals surface area contributed by atoms with E-state index in [0.717, 1.165) is 16.9 Å². The summed E-state index contributed by atoms with van der Waals surface area (Å²) < 4.78 is 7.42. The van der Waals surface area contributed by atoms with Crippen molar-refractivity contribution < 1.29 is 4.74 Å². The highest BCUT2D eigenvalue weighted by atomic mass is 16.5. The van der Waals surface area contributed by atoms with Gasteiger partial charge in [-0.2, -0.15) is 0 Å². The first-order valence-corrected chi connectivity index (χ1v) is 5.82. The van der Waals surface area contributed by atoms with Crippen molar-refractivity contribution in [2.75, 3.05) is 12.3 Å². The van der Waals surface area contributed by atoms with E-state index in [1.165, 1.54) is 0 Å². The minimum Gasteiger partial charge on any atom is -0.377 e. The lowest BCUT2D eigenvalue weighted by molar-refractivity contribution is 0.0651. The maximum Gasteiger partial charge on any atom is 0.202 e. The summed E-state index contributed by atoms with van der Waals surface area (Å²) in [4.78, 5) is 8.76. The quantitative estimate of drug-likeness (QED) is 0.875. The van der Waals surface area contributed by atoms with E-state index in [1.807, 2.05) is 37.5 Å². The second kappa shape index (κ2) is 4.71. The molecule has 92 valence electrons. The van der Waals surface area contributed by atoms with Crippen LogP contribution in [0.5, 0.6) is 0 Å². The van der Waals surface area contributed by atoms with Crippen LogP contribution in [-0.2, 0) is 11.3 Å². The molecule has 0 aliphatic carbocycles. The highest BCUT2D eigenvalue weighted by Crippen LogP contribution is 2.17. The van der Waals surface area contributed by atoms with E-state index in [4.69, 9.17) is 10.5 Å². The summed E-state index contributed by atoms with van der Waals surface area (Å²) in [6, 6.07) is 3.88. The average molecular weight is 234 g/mol. The molecule has 1 unspecified atom stereocenters. The fourth-order valence-electron chi connectivity index (χ4n) is 1.89. The molecule has 5 heteroatoms. The number of pyridine rings is 1.